The van der Waals surface area contributed by atoms with Crippen molar-refractivity contribution in [1.29, 1.82) is 0 Å². The summed E-state index contributed by atoms with van der Waals surface area (Å²) in [6, 6.07) is -1.96. The number of likely N-dealkylation sites (tertiary alicyclic amines) is 1. The number of urea groups is 1. The average Bonchev–Trinajstić information content (AvgIpc) is 2.39. The third-order valence-electron chi connectivity index (χ3n) is 3.69. The van der Waals surface area contributed by atoms with Crippen LogP contribution in [0.3, 0.4) is 0 Å². The molecule has 8 nitrogen and oxygen atoms in total. The van der Waals surface area contributed by atoms with Gasteiger partial charge in [0.05, 0.1) is 6.42 Å². The van der Waals surface area contributed by atoms with E-state index in [1.54, 1.807) is 7.05 Å². The summed E-state index contributed by atoms with van der Waals surface area (Å²) >= 11 is 0. The predicted octanol–water partition coefficient (Wildman–Crippen LogP) is -0.102. The number of carboxylic acid groups (broad SMARTS) is 2. The summed E-state index contributed by atoms with van der Waals surface area (Å²) < 4.78 is 0. The van der Waals surface area contributed by atoms with E-state index in [0.717, 1.165) is 25.9 Å². The summed E-state index contributed by atoms with van der Waals surface area (Å²) in [5.74, 6) is -2.22. The molecule has 0 bridgehead atoms. The molecule has 1 fully saturated rings. The van der Waals surface area contributed by atoms with Crippen molar-refractivity contribution in [3.63, 3.8) is 0 Å². The zero-order valence-corrected chi connectivity index (χ0v) is 12.4. The summed E-state index contributed by atoms with van der Waals surface area (Å²) in [6.07, 6.45) is 1.35. The zero-order valence-electron chi connectivity index (χ0n) is 12.4. The lowest BCUT2D eigenvalue weighted by atomic mass is 9.97. The Morgan fingerprint density at radius 3 is 2.33 bits per heavy atom. The van der Waals surface area contributed by atoms with E-state index in [2.05, 4.69) is 17.3 Å². The molecule has 0 aromatic rings. The van der Waals surface area contributed by atoms with Crippen LogP contribution in [0.2, 0.25) is 0 Å². The lowest BCUT2D eigenvalue weighted by Crippen LogP contribution is -2.49. The van der Waals surface area contributed by atoms with Gasteiger partial charge < -0.3 is 25.3 Å². The maximum Gasteiger partial charge on any atom is 0.326 e. The Kier molecular flexibility index (Phi) is 6.41. The van der Waals surface area contributed by atoms with Gasteiger partial charge in [0.25, 0.3) is 0 Å². The van der Waals surface area contributed by atoms with Crippen molar-refractivity contribution in [2.75, 3.05) is 33.7 Å². The number of hydrogen-bond acceptors (Lipinski definition) is 4. The van der Waals surface area contributed by atoms with Crippen LogP contribution in [-0.4, -0.2) is 77.8 Å². The van der Waals surface area contributed by atoms with E-state index in [-0.39, 0.29) is 0 Å². The molecule has 1 aliphatic heterocycles. The smallest absolute Gasteiger partial charge is 0.326 e. The highest BCUT2D eigenvalue weighted by molar-refractivity contribution is 5.86. The minimum Gasteiger partial charge on any atom is -0.481 e. The summed E-state index contributed by atoms with van der Waals surface area (Å²) in [6.45, 7) is 2.51. The van der Waals surface area contributed by atoms with Crippen molar-refractivity contribution in [1.82, 2.24) is 15.1 Å². The van der Waals surface area contributed by atoms with Gasteiger partial charge in [0.2, 0.25) is 0 Å². The molecule has 1 aliphatic rings. The van der Waals surface area contributed by atoms with Crippen molar-refractivity contribution in [2.45, 2.75) is 25.3 Å². The third-order valence-corrected chi connectivity index (χ3v) is 3.69. The van der Waals surface area contributed by atoms with E-state index in [1.165, 1.54) is 4.90 Å². The molecule has 2 amide bonds. The summed E-state index contributed by atoms with van der Waals surface area (Å²) in [4.78, 5) is 37.1. The summed E-state index contributed by atoms with van der Waals surface area (Å²) in [7, 11) is 3.64. The van der Waals surface area contributed by atoms with Gasteiger partial charge in [-0.25, -0.2) is 9.59 Å². The standard InChI is InChI=1S/C13H23N3O5/c1-15-5-3-9(4-6-15)8-16(2)13(21)14-10(12(19)20)7-11(17)18/h9-10H,3-8H2,1-2H3,(H,14,21)(H,17,18)(H,19,20). The first-order chi connectivity index (χ1) is 9.79. The molecular formula is C13H23N3O5. The Hall–Kier alpha value is -1.83. The van der Waals surface area contributed by atoms with E-state index >= 15 is 0 Å². The van der Waals surface area contributed by atoms with E-state index in [1.807, 2.05) is 0 Å². The minimum absolute atomic E-state index is 0.389. The molecule has 1 rings (SSSR count). The van der Waals surface area contributed by atoms with Crippen LogP contribution in [0.4, 0.5) is 4.79 Å². The molecule has 1 atom stereocenters. The van der Waals surface area contributed by atoms with Gasteiger partial charge in [-0.2, -0.15) is 0 Å². The Morgan fingerprint density at radius 2 is 1.86 bits per heavy atom. The van der Waals surface area contributed by atoms with Crippen LogP contribution in [0.1, 0.15) is 19.3 Å². The van der Waals surface area contributed by atoms with Crippen LogP contribution in [0, 0.1) is 5.92 Å². The highest BCUT2D eigenvalue weighted by Gasteiger charge is 2.26. The Bertz CT molecular complexity index is 393. The quantitative estimate of drug-likeness (QED) is 0.632. The number of amides is 2. The largest absolute Gasteiger partial charge is 0.481 e. The molecule has 0 aliphatic carbocycles. The van der Waals surface area contributed by atoms with Crippen LogP contribution in [0.15, 0.2) is 0 Å². The number of piperidine rings is 1. The molecule has 8 heteroatoms. The second-order valence-corrected chi connectivity index (χ2v) is 5.57. The topological polar surface area (TPSA) is 110 Å². The van der Waals surface area contributed by atoms with Gasteiger partial charge >= 0.3 is 18.0 Å². The first-order valence-corrected chi connectivity index (χ1v) is 6.94. The van der Waals surface area contributed by atoms with Gasteiger partial charge in [0.1, 0.15) is 6.04 Å². The fourth-order valence-corrected chi connectivity index (χ4v) is 2.35. The van der Waals surface area contributed by atoms with Crippen LogP contribution >= 0.6 is 0 Å². The molecule has 1 saturated heterocycles. The van der Waals surface area contributed by atoms with E-state index in [0.29, 0.717) is 12.5 Å². The normalized spacial score (nSPS) is 18.0. The molecule has 0 radical (unpaired) electrons. The van der Waals surface area contributed by atoms with Gasteiger partial charge in [-0.15, -0.1) is 0 Å². The van der Waals surface area contributed by atoms with Crippen molar-refractivity contribution in [2.24, 2.45) is 5.92 Å². The predicted molar refractivity (Wildman–Crippen MR) is 75.1 cm³/mol. The number of carbonyl (C=O) groups excluding carboxylic acids is 1. The number of nitrogens with zero attached hydrogens (tertiary/aromatic N) is 2. The Balaban J connectivity index is 2.45. The lowest BCUT2D eigenvalue weighted by Gasteiger charge is -2.32. The fourth-order valence-electron chi connectivity index (χ4n) is 2.35. The van der Waals surface area contributed by atoms with E-state index in [9.17, 15) is 14.4 Å². The fraction of sp³-hybridized carbons (Fsp3) is 0.769. The first-order valence-electron chi connectivity index (χ1n) is 6.94. The molecule has 1 unspecified atom stereocenters. The van der Waals surface area contributed by atoms with Crippen molar-refractivity contribution >= 4 is 18.0 Å². The van der Waals surface area contributed by atoms with Gasteiger partial charge in [0.15, 0.2) is 0 Å². The molecule has 120 valence electrons. The highest BCUT2D eigenvalue weighted by atomic mass is 16.4. The maximum atomic E-state index is 11.9. The molecule has 21 heavy (non-hydrogen) atoms. The Labute approximate surface area is 123 Å². The molecule has 0 saturated carbocycles. The van der Waals surface area contributed by atoms with Crippen LogP contribution in [0.5, 0.6) is 0 Å². The molecular weight excluding hydrogens is 278 g/mol. The van der Waals surface area contributed by atoms with Gasteiger partial charge in [-0.3, -0.25) is 4.79 Å². The lowest BCUT2D eigenvalue weighted by molar-refractivity contribution is -0.145. The highest BCUT2D eigenvalue weighted by Crippen LogP contribution is 2.16. The number of carbonyl (C=O) groups is 3. The van der Waals surface area contributed by atoms with Gasteiger partial charge in [-0.1, -0.05) is 0 Å². The van der Waals surface area contributed by atoms with Crippen LogP contribution in [0.25, 0.3) is 0 Å². The van der Waals surface area contributed by atoms with Crippen LogP contribution in [-0.2, 0) is 9.59 Å². The van der Waals surface area contributed by atoms with Crippen molar-refractivity contribution in [3.8, 4) is 0 Å². The molecule has 0 aromatic carbocycles. The zero-order chi connectivity index (χ0) is 16.0. The van der Waals surface area contributed by atoms with Gasteiger partial charge in [-0.05, 0) is 38.9 Å². The second-order valence-electron chi connectivity index (χ2n) is 5.57. The summed E-state index contributed by atoms with van der Waals surface area (Å²) in [5, 5.41) is 19.8. The number of carboxylic acids is 2. The Morgan fingerprint density at radius 1 is 1.29 bits per heavy atom. The molecule has 0 spiro atoms. The SMILES string of the molecule is CN1CCC(CN(C)C(=O)NC(CC(=O)O)C(=O)O)CC1. The van der Waals surface area contributed by atoms with Gasteiger partial charge in [0, 0.05) is 13.6 Å². The van der Waals surface area contributed by atoms with Crippen molar-refractivity contribution in [3.05, 3.63) is 0 Å². The number of nitrogens with one attached hydrogen (secondary N) is 1. The number of rotatable bonds is 6. The van der Waals surface area contributed by atoms with E-state index < -0.39 is 30.4 Å². The second kappa shape index (κ2) is 7.82. The van der Waals surface area contributed by atoms with Crippen LogP contribution < -0.4 is 5.32 Å². The average molecular weight is 301 g/mol. The van der Waals surface area contributed by atoms with E-state index in [4.69, 9.17) is 10.2 Å². The number of hydrogen-bond donors (Lipinski definition) is 3. The minimum atomic E-state index is -1.41. The maximum absolute atomic E-state index is 11.9. The first kappa shape index (κ1) is 17.2. The number of aliphatic carboxylic acids is 2. The summed E-state index contributed by atoms with van der Waals surface area (Å²) in [5.41, 5.74) is 0. The monoisotopic (exact) mass is 301 g/mol. The van der Waals surface area contributed by atoms with Crippen molar-refractivity contribution < 1.29 is 24.6 Å². The molecule has 0 aromatic heterocycles. The molecule has 1 heterocycles. The third kappa shape index (κ3) is 5.99. The molecule has 3 N–H and O–H groups in total.